The summed E-state index contributed by atoms with van der Waals surface area (Å²) in [4.78, 5) is 17.6. The van der Waals surface area contributed by atoms with Gasteiger partial charge in [-0.15, -0.1) is 23.2 Å². The van der Waals surface area contributed by atoms with Gasteiger partial charge in [0.25, 0.3) is 0 Å². The van der Waals surface area contributed by atoms with Gasteiger partial charge in [0, 0.05) is 17.0 Å². The quantitative estimate of drug-likeness (QED) is 0.538. The van der Waals surface area contributed by atoms with E-state index in [9.17, 15) is 4.79 Å². The number of ether oxygens (including phenoxy) is 3. The van der Waals surface area contributed by atoms with E-state index in [1.54, 1.807) is 18.3 Å². The third-order valence-electron chi connectivity index (χ3n) is 4.09. The number of aromatic nitrogens is 1. The number of pyridine rings is 1. The number of hydrogen-bond donors (Lipinski definition) is 0. The van der Waals surface area contributed by atoms with Crippen LogP contribution in [0.3, 0.4) is 0 Å². The zero-order chi connectivity index (χ0) is 18.1. The molecule has 8 heteroatoms. The molecule has 2 aliphatic rings. The molecule has 1 unspecified atom stereocenters. The molecule has 26 heavy (non-hydrogen) atoms. The summed E-state index contributed by atoms with van der Waals surface area (Å²) in [5.41, 5.74) is 0.405. The van der Waals surface area contributed by atoms with Gasteiger partial charge in [-0.2, -0.15) is 0 Å². The lowest BCUT2D eigenvalue weighted by molar-refractivity contribution is 0.0480. The Bertz CT molecular complexity index is 846. The van der Waals surface area contributed by atoms with Crippen molar-refractivity contribution < 1.29 is 19.0 Å². The van der Waals surface area contributed by atoms with Crippen molar-refractivity contribution in [2.45, 2.75) is 20.7 Å². The molecule has 0 amide bonds. The van der Waals surface area contributed by atoms with Gasteiger partial charge in [-0.05, 0) is 36.8 Å². The molecule has 2 heterocycles. The van der Waals surface area contributed by atoms with Gasteiger partial charge in [-0.1, -0.05) is 11.8 Å². The van der Waals surface area contributed by atoms with Crippen molar-refractivity contribution >= 4 is 40.9 Å². The zero-order valence-electron chi connectivity index (χ0n) is 13.6. The number of carbonyl (C=O) groups is 1. The summed E-state index contributed by atoms with van der Waals surface area (Å²) in [5.74, 6) is 0.960. The molecule has 136 valence electrons. The Balaban J connectivity index is 1.48. The highest BCUT2D eigenvalue weighted by Gasteiger charge is 2.52. The van der Waals surface area contributed by atoms with E-state index in [0.29, 0.717) is 36.0 Å². The highest BCUT2D eigenvalue weighted by Crippen LogP contribution is 2.53. The van der Waals surface area contributed by atoms with Crippen molar-refractivity contribution in [3.05, 3.63) is 42.1 Å². The van der Waals surface area contributed by atoms with Crippen molar-refractivity contribution in [2.24, 2.45) is 5.92 Å². The molecule has 2 aromatic rings. The number of nitrogens with zero attached hydrogens (tertiary/aromatic N) is 1. The Morgan fingerprint density at radius 2 is 2.04 bits per heavy atom. The summed E-state index contributed by atoms with van der Waals surface area (Å²) in [7, 11) is 0. The fourth-order valence-electron chi connectivity index (χ4n) is 2.53. The first-order chi connectivity index (χ1) is 12.5. The SMILES string of the molecule is O=C(OCC1CC1(Cl)Cl)c1cccnc1Sc1ccc2c(c1)OCCO2. The Kier molecular flexibility index (Phi) is 4.90. The van der Waals surface area contributed by atoms with E-state index < -0.39 is 10.3 Å². The van der Waals surface area contributed by atoms with E-state index in [-0.39, 0.29) is 12.5 Å². The number of rotatable bonds is 5. The first-order valence-electron chi connectivity index (χ1n) is 8.10. The summed E-state index contributed by atoms with van der Waals surface area (Å²) in [6.45, 7) is 1.27. The number of carbonyl (C=O) groups excluding carboxylic acids is 1. The number of fused-ring (bicyclic) bond motifs is 1. The fraction of sp³-hybridized carbons (Fsp3) is 0.333. The predicted molar refractivity (Wildman–Crippen MR) is 98.6 cm³/mol. The zero-order valence-corrected chi connectivity index (χ0v) is 15.9. The molecule has 1 aromatic heterocycles. The second kappa shape index (κ2) is 7.18. The standard InChI is InChI=1S/C18H15Cl2NO4S/c19-18(20)9-11(18)10-25-17(22)13-2-1-5-21-16(13)26-12-3-4-14-15(8-12)24-7-6-23-14/h1-5,8,11H,6-7,9-10H2. The van der Waals surface area contributed by atoms with Gasteiger partial charge in [0.1, 0.15) is 22.6 Å². The molecule has 0 radical (unpaired) electrons. The van der Waals surface area contributed by atoms with Crippen LogP contribution in [-0.4, -0.2) is 35.1 Å². The van der Waals surface area contributed by atoms with Gasteiger partial charge in [-0.25, -0.2) is 9.78 Å². The van der Waals surface area contributed by atoms with Crippen LogP contribution in [0.1, 0.15) is 16.8 Å². The van der Waals surface area contributed by atoms with Crippen LogP contribution in [0.5, 0.6) is 11.5 Å². The largest absolute Gasteiger partial charge is 0.486 e. The van der Waals surface area contributed by atoms with E-state index in [0.717, 1.165) is 10.6 Å². The first kappa shape index (κ1) is 17.8. The summed E-state index contributed by atoms with van der Waals surface area (Å²) < 4.78 is 15.7. The van der Waals surface area contributed by atoms with Gasteiger partial charge >= 0.3 is 5.97 Å². The highest BCUT2D eigenvalue weighted by atomic mass is 35.5. The molecular formula is C18H15Cl2NO4S. The second-order valence-corrected chi connectivity index (χ2v) is 8.63. The van der Waals surface area contributed by atoms with Gasteiger partial charge in [0.2, 0.25) is 0 Å². The third-order valence-corrected chi connectivity index (χ3v) is 6.02. The monoisotopic (exact) mass is 411 g/mol. The van der Waals surface area contributed by atoms with E-state index in [1.165, 1.54) is 11.8 Å². The van der Waals surface area contributed by atoms with Crippen LogP contribution in [0.2, 0.25) is 0 Å². The Hall–Kier alpha value is -1.63. The molecule has 5 nitrogen and oxygen atoms in total. The minimum atomic E-state index is -0.766. The minimum absolute atomic E-state index is 0.0136. The molecule has 4 rings (SSSR count). The number of benzene rings is 1. The molecule has 1 atom stereocenters. The molecule has 0 bridgehead atoms. The van der Waals surface area contributed by atoms with Crippen LogP contribution < -0.4 is 9.47 Å². The summed E-state index contributed by atoms with van der Waals surface area (Å²) in [6.07, 6.45) is 2.27. The second-order valence-electron chi connectivity index (χ2n) is 6.02. The van der Waals surface area contributed by atoms with E-state index in [1.807, 2.05) is 18.2 Å². The lowest BCUT2D eigenvalue weighted by Crippen LogP contribution is -2.15. The normalized spacial score (nSPS) is 19.7. The Labute approximate surface area is 164 Å². The minimum Gasteiger partial charge on any atom is -0.486 e. The number of halogens is 2. The number of hydrogen-bond acceptors (Lipinski definition) is 6. The molecule has 1 aliphatic heterocycles. The average Bonchev–Trinajstić information content (AvgIpc) is 3.27. The van der Waals surface area contributed by atoms with Gasteiger partial charge < -0.3 is 14.2 Å². The molecule has 0 spiro atoms. The van der Waals surface area contributed by atoms with Gasteiger partial charge in [0.05, 0.1) is 12.2 Å². The van der Waals surface area contributed by atoms with Crippen LogP contribution in [0.25, 0.3) is 0 Å². The van der Waals surface area contributed by atoms with Crippen LogP contribution in [-0.2, 0) is 4.74 Å². The molecule has 0 N–H and O–H groups in total. The van der Waals surface area contributed by atoms with E-state index in [4.69, 9.17) is 37.4 Å². The summed E-state index contributed by atoms with van der Waals surface area (Å²) >= 11 is 13.3. The predicted octanol–water partition coefficient (Wildman–Crippen LogP) is 4.35. The molecule has 1 aliphatic carbocycles. The lowest BCUT2D eigenvalue weighted by atomic mass is 10.3. The number of esters is 1. The van der Waals surface area contributed by atoms with Crippen LogP contribution in [0.15, 0.2) is 46.5 Å². The first-order valence-corrected chi connectivity index (χ1v) is 9.68. The van der Waals surface area contributed by atoms with Crippen molar-refractivity contribution in [3.8, 4) is 11.5 Å². The number of alkyl halides is 2. The third kappa shape index (κ3) is 3.87. The maximum Gasteiger partial charge on any atom is 0.340 e. The topological polar surface area (TPSA) is 57.7 Å². The van der Waals surface area contributed by atoms with Crippen LogP contribution in [0, 0.1) is 5.92 Å². The summed E-state index contributed by atoms with van der Waals surface area (Å²) in [6, 6.07) is 9.03. The molecule has 1 saturated carbocycles. The maximum absolute atomic E-state index is 12.4. The van der Waals surface area contributed by atoms with Crippen molar-refractivity contribution in [2.75, 3.05) is 19.8 Å². The van der Waals surface area contributed by atoms with Crippen molar-refractivity contribution in [1.29, 1.82) is 0 Å². The average molecular weight is 412 g/mol. The van der Waals surface area contributed by atoms with E-state index >= 15 is 0 Å². The Morgan fingerprint density at radius 3 is 2.81 bits per heavy atom. The van der Waals surface area contributed by atoms with Crippen molar-refractivity contribution in [3.63, 3.8) is 0 Å². The van der Waals surface area contributed by atoms with Crippen LogP contribution in [0.4, 0.5) is 0 Å². The molecular weight excluding hydrogens is 397 g/mol. The van der Waals surface area contributed by atoms with Gasteiger partial charge in [0.15, 0.2) is 11.5 Å². The van der Waals surface area contributed by atoms with Crippen LogP contribution >= 0.6 is 35.0 Å². The Morgan fingerprint density at radius 1 is 1.27 bits per heavy atom. The maximum atomic E-state index is 12.4. The lowest BCUT2D eigenvalue weighted by Gasteiger charge is -2.18. The smallest absolute Gasteiger partial charge is 0.340 e. The highest BCUT2D eigenvalue weighted by molar-refractivity contribution is 7.99. The summed E-state index contributed by atoms with van der Waals surface area (Å²) in [5, 5.41) is 0.563. The fourth-order valence-corrected chi connectivity index (χ4v) is 3.93. The van der Waals surface area contributed by atoms with E-state index in [2.05, 4.69) is 4.98 Å². The molecule has 1 aromatic carbocycles. The van der Waals surface area contributed by atoms with Crippen molar-refractivity contribution in [1.82, 2.24) is 4.98 Å². The molecule has 0 saturated heterocycles. The molecule has 1 fully saturated rings. The van der Waals surface area contributed by atoms with Gasteiger partial charge in [-0.3, -0.25) is 0 Å².